The number of imide groups is 1. The van der Waals surface area contributed by atoms with E-state index in [1.807, 2.05) is 12.1 Å². The third kappa shape index (κ3) is 4.95. The highest BCUT2D eigenvalue weighted by Gasteiger charge is 2.22. The molecule has 0 saturated heterocycles. The first kappa shape index (κ1) is 16.7. The Morgan fingerprint density at radius 2 is 1.65 bits per heavy atom. The smallest absolute Gasteiger partial charge is 0.412 e. The summed E-state index contributed by atoms with van der Waals surface area (Å²) >= 11 is 0. The molecule has 122 valence electrons. The molecule has 1 aromatic carbocycles. The van der Waals surface area contributed by atoms with Crippen molar-refractivity contribution in [3.63, 3.8) is 0 Å². The zero-order valence-corrected chi connectivity index (χ0v) is 13.5. The molecule has 1 N–H and O–H groups in total. The van der Waals surface area contributed by atoms with Gasteiger partial charge in [-0.2, -0.15) is 0 Å². The summed E-state index contributed by atoms with van der Waals surface area (Å²) in [5.74, 6) is -0.559. The van der Waals surface area contributed by atoms with Gasteiger partial charge in [0.1, 0.15) is 5.60 Å². The number of ether oxygens (including phenoxy) is 1. The Kier molecular flexibility index (Phi) is 4.83. The lowest BCUT2D eigenvalue weighted by molar-refractivity contribution is -0.136. The Hall–Kier alpha value is -2.63. The Morgan fingerprint density at radius 1 is 1.09 bits per heavy atom. The van der Waals surface area contributed by atoms with Gasteiger partial charge >= 0.3 is 6.09 Å². The van der Waals surface area contributed by atoms with Crippen LogP contribution in [-0.4, -0.2) is 35.0 Å². The number of amides is 3. The highest BCUT2D eigenvalue weighted by Crippen LogP contribution is 2.14. The van der Waals surface area contributed by atoms with E-state index in [9.17, 15) is 14.4 Å². The third-order valence-electron chi connectivity index (χ3n) is 3.12. The molecule has 0 unspecified atom stereocenters. The van der Waals surface area contributed by atoms with E-state index in [1.165, 1.54) is 17.1 Å². The van der Waals surface area contributed by atoms with Gasteiger partial charge in [-0.1, -0.05) is 12.1 Å². The van der Waals surface area contributed by atoms with Crippen molar-refractivity contribution < 1.29 is 19.1 Å². The van der Waals surface area contributed by atoms with Gasteiger partial charge in [-0.3, -0.25) is 19.8 Å². The first-order valence-electron chi connectivity index (χ1n) is 7.37. The predicted octanol–water partition coefficient (Wildman–Crippen LogP) is 2.50. The fourth-order valence-electron chi connectivity index (χ4n) is 2.07. The van der Waals surface area contributed by atoms with E-state index in [-0.39, 0.29) is 11.8 Å². The highest BCUT2D eigenvalue weighted by molar-refractivity contribution is 6.12. The highest BCUT2D eigenvalue weighted by atomic mass is 16.6. The van der Waals surface area contributed by atoms with Gasteiger partial charge in [0.2, 0.25) is 0 Å². The number of hydrogen-bond acceptors (Lipinski definition) is 4. The maximum atomic E-state index is 11.7. The normalized spacial score (nSPS) is 14.3. The lowest BCUT2D eigenvalue weighted by Gasteiger charge is -2.19. The monoisotopic (exact) mass is 316 g/mol. The standard InChI is InChI=1S/C17H20N2O4/c1-17(2,3)23-16(22)18-13-6-4-12(5-7-13)10-11-19-14(20)8-9-15(19)21/h4-9H,10-11H2,1-3H3,(H,18,22). The second kappa shape index (κ2) is 6.64. The summed E-state index contributed by atoms with van der Waals surface area (Å²) in [4.78, 5) is 35.8. The molecule has 0 saturated carbocycles. The van der Waals surface area contributed by atoms with E-state index in [2.05, 4.69) is 5.32 Å². The van der Waals surface area contributed by atoms with Crippen LogP contribution in [0.1, 0.15) is 26.3 Å². The molecule has 1 aliphatic heterocycles. The lowest BCUT2D eigenvalue weighted by Crippen LogP contribution is -2.31. The van der Waals surface area contributed by atoms with Crippen LogP contribution < -0.4 is 5.32 Å². The van der Waals surface area contributed by atoms with Crippen molar-refractivity contribution in [3.05, 3.63) is 42.0 Å². The lowest BCUT2D eigenvalue weighted by atomic mass is 10.1. The molecule has 0 atom stereocenters. The van der Waals surface area contributed by atoms with Crippen LogP contribution >= 0.6 is 0 Å². The summed E-state index contributed by atoms with van der Waals surface area (Å²) in [6.07, 6.45) is 2.60. The van der Waals surface area contributed by atoms with E-state index in [4.69, 9.17) is 4.74 Å². The van der Waals surface area contributed by atoms with Gasteiger partial charge in [-0.15, -0.1) is 0 Å². The van der Waals surface area contributed by atoms with Crippen molar-refractivity contribution >= 4 is 23.6 Å². The number of carbonyl (C=O) groups excluding carboxylic acids is 3. The summed E-state index contributed by atoms with van der Waals surface area (Å²) in [6.45, 7) is 5.73. The van der Waals surface area contributed by atoms with Crippen molar-refractivity contribution in [2.75, 3.05) is 11.9 Å². The molecule has 0 aromatic heterocycles. The minimum atomic E-state index is -0.549. The van der Waals surface area contributed by atoms with Crippen molar-refractivity contribution in [2.45, 2.75) is 32.8 Å². The van der Waals surface area contributed by atoms with Crippen LogP contribution in [0.15, 0.2) is 36.4 Å². The second-order valence-electron chi connectivity index (χ2n) is 6.24. The van der Waals surface area contributed by atoms with Gasteiger partial charge in [-0.25, -0.2) is 4.79 Å². The number of anilines is 1. The number of carbonyl (C=O) groups is 3. The molecule has 1 aromatic rings. The number of hydrogen-bond donors (Lipinski definition) is 1. The first-order valence-corrected chi connectivity index (χ1v) is 7.37. The fraction of sp³-hybridized carbons (Fsp3) is 0.353. The van der Waals surface area contributed by atoms with Gasteiger partial charge in [0.15, 0.2) is 0 Å². The van der Waals surface area contributed by atoms with Crippen LogP contribution in [0.4, 0.5) is 10.5 Å². The average Bonchev–Trinajstić information content (AvgIpc) is 2.75. The molecule has 6 nitrogen and oxygen atoms in total. The number of rotatable bonds is 4. The molecule has 6 heteroatoms. The topological polar surface area (TPSA) is 75.7 Å². The second-order valence-corrected chi connectivity index (χ2v) is 6.24. The van der Waals surface area contributed by atoms with Crippen LogP contribution in [0.3, 0.4) is 0 Å². The van der Waals surface area contributed by atoms with Crippen LogP contribution in [0, 0.1) is 0 Å². The molecular weight excluding hydrogens is 296 g/mol. The maximum Gasteiger partial charge on any atom is 0.412 e. The van der Waals surface area contributed by atoms with Crippen LogP contribution in [0.25, 0.3) is 0 Å². The molecular formula is C17H20N2O4. The van der Waals surface area contributed by atoms with Crippen molar-refractivity contribution in [3.8, 4) is 0 Å². The van der Waals surface area contributed by atoms with Crippen LogP contribution in [0.2, 0.25) is 0 Å². The molecule has 23 heavy (non-hydrogen) atoms. The zero-order chi connectivity index (χ0) is 17.0. The molecule has 1 aliphatic rings. The SMILES string of the molecule is CC(C)(C)OC(=O)Nc1ccc(CCN2C(=O)C=CC2=O)cc1. The predicted molar refractivity (Wildman–Crippen MR) is 85.9 cm³/mol. The fourth-order valence-corrected chi connectivity index (χ4v) is 2.07. The molecule has 3 amide bonds. The number of nitrogens with one attached hydrogen (secondary N) is 1. The quantitative estimate of drug-likeness (QED) is 0.866. The van der Waals surface area contributed by atoms with Crippen molar-refractivity contribution in [2.24, 2.45) is 0 Å². The first-order chi connectivity index (χ1) is 10.7. The maximum absolute atomic E-state index is 11.7. The van der Waals surface area contributed by atoms with Crippen LogP contribution in [-0.2, 0) is 20.7 Å². The Balaban J connectivity index is 1.86. The van der Waals surface area contributed by atoms with Gasteiger partial charge in [0, 0.05) is 24.4 Å². The third-order valence-corrected chi connectivity index (χ3v) is 3.12. The van der Waals surface area contributed by atoms with Gasteiger partial charge in [-0.05, 0) is 44.9 Å². The Morgan fingerprint density at radius 3 is 2.17 bits per heavy atom. The molecule has 0 bridgehead atoms. The number of benzene rings is 1. The number of nitrogens with zero attached hydrogens (tertiary/aromatic N) is 1. The molecule has 0 radical (unpaired) electrons. The van der Waals surface area contributed by atoms with Gasteiger partial charge in [0.05, 0.1) is 0 Å². The van der Waals surface area contributed by atoms with Crippen LogP contribution in [0.5, 0.6) is 0 Å². The molecule has 0 spiro atoms. The zero-order valence-electron chi connectivity index (χ0n) is 13.5. The van der Waals surface area contributed by atoms with Gasteiger partial charge in [0.25, 0.3) is 11.8 Å². The molecule has 1 heterocycles. The van der Waals surface area contributed by atoms with Crippen molar-refractivity contribution in [1.82, 2.24) is 4.90 Å². The summed E-state index contributed by atoms with van der Waals surface area (Å²) < 4.78 is 5.17. The largest absolute Gasteiger partial charge is 0.444 e. The summed E-state index contributed by atoms with van der Waals surface area (Å²) in [5.41, 5.74) is 1.04. The Labute approximate surface area is 135 Å². The minimum absolute atomic E-state index is 0.279. The summed E-state index contributed by atoms with van der Waals surface area (Å²) in [7, 11) is 0. The minimum Gasteiger partial charge on any atom is -0.444 e. The molecule has 0 aliphatic carbocycles. The molecule has 2 rings (SSSR count). The van der Waals surface area contributed by atoms with Gasteiger partial charge < -0.3 is 4.74 Å². The van der Waals surface area contributed by atoms with E-state index < -0.39 is 11.7 Å². The average molecular weight is 316 g/mol. The Bertz CT molecular complexity index is 624. The summed E-state index contributed by atoms with van der Waals surface area (Å²) in [5, 5.41) is 2.65. The van der Waals surface area contributed by atoms with E-state index >= 15 is 0 Å². The van der Waals surface area contributed by atoms with E-state index in [0.29, 0.717) is 18.7 Å². The van der Waals surface area contributed by atoms with E-state index in [0.717, 1.165) is 5.56 Å². The van der Waals surface area contributed by atoms with E-state index in [1.54, 1.807) is 32.9 Å². The summed E-state index contributed by atoms with van der Waals surface area (Å²) in [6, 6.07) is 7.19. The molecule has 0 fully saturated rings. The van der Waals surface area contributed by atoms with Crippen molar-refractivity contribution in [1.29, 1.82) is 0 Å².